The molecule has 1 N–H and O–H groups in total. The fraction of sp³-hybridized carbons (Fsp3) is 0.348. The molecule has 0 aliphatic heterocycles. The minimum Gasteiger partial charge on any atom is -0.456 e. The van der Waals surface area contributed by atoms with E-state index >= 15 is 0 Å². The number of ether oxygens (including phenoxy) is 1. The number of nitrogens with one attached hydrogen (secondary N) is 1. The Kier molecular flexibility index (Phi) is 6.72. The van der Waals surface area contributed by atoms with Crippen molar-refractivity contribution >= 4 is 28.6 Å². The van der Waals surface area contributed by atoms with Gasteiger partial charge in [0.2, 0.25) is 0 Å². The quantitative estimate of drug-likeness (QED) is 0.578. The van der Waals surface area contributed by atoms with E-state index in [2.05, 4.69) is 5.32 Å². The van der Waals surface area contributed by atoms with Crippen LogP contribution in [0.5, 0.6) is 0 Å². The summed E-state index contributed by atoms with van der Waals surface area (Å²) in [6, 6.07) is 13.2. The number of nitrogens with zero attached hydrogens (tertiary/aromatic N) is 2. The average molecular weight is 409 g/mol. The van der Waals surface area contributed by atoms with Gasteiger partial charge in [0.1, 0.15) is 0 Å². The molecule has 0 aliphatic carbocycles. The summed E-state index contributed by atoms with van der Waals surface area (Å²) < 4.78 is 8.42. The number of hydrogen-bond donors (Lipinski definition) is 1. The number of hydrogen-bond acceptors (Lipinski definition) is 4. The molecule has 158 valence electrons. The maximum absolute atomic E-state index is 12.7. The van der Waals surface area contributed by atoms with E-state index in [0.29, 0.717) is 6.54 Å². The van der Waals surface area contributed by atoms with Gasteiger partial charge in [0.05, 0.1) is 17.5 Å². The predicted molar refractivity (Wildman–Crippen MR) is 117 cm³/mol. The molecule has 0 saturated heterocycles. The zero-order chi connectivity index (χ0) is 21.7. The second-order valence-corrected chi connectivity index (χ2v) is 7.30. The molecular weight excluding hydrogens is 382 g/mol. The number of anilines is 1. The summed E-state index contributed by atoms with van der Waals surface area (Å²) in [5.41, 5.74) is 4.12. The molecule has 0 bridgehead atoms. The van der Waals surface area contributed by atoms with Gasteiger partial charge in [-0.05, 0) is 43.5 Å². The largest absolute Gasteiger partial charge is 0.456 e. The fourth-order valence-corrected chi connectivity index (χ4v) is 3.54. The zero-order valence-corrected chi connectivity index (χ0v) is 17.6. The van der Waals surface area contributed by atoms with Crippen LogP contribution in [0.15, 0.2) is 47.3 Å². The Labute approximate surface area is 175 Å². The van der Waals surface area contributed by atoms with Crippen LogP contribution in [0.3, 0.4) is 0 Å². The SMILES string of the molecule is CCCn1c(=O)n(CCC(=O)OCC(=O)Nc2c(C)cccc2C)c2ccccc21. The van der Waals surface area contributed by atoms with E-state index in [0.717, 1.165) is 34.3 Å². The smallest absolute Gasteiger partial charge is 0.329 e. The Morgan fingerprint density at radius 3 is 2.13 bits per heavy atom. The molecule has 1 aromatic heterocycles. The topological polar surface area (TPSA) is 82.3 Å². The van der Waals surface area contributed by atoms with Crippen LogP contribution in [0.25, 0.3) is 11.0 Å². The zero-order valence-electron chi connectivity index (χ0n) is 17.6. The molecule has 0 spiro atoms. The Balaban J connectivity index is 1.60. The number of carbonyl (C=O) groups excluding carboxylic acids is 2. The first-order valence-electron chi connectivity index (χ1n) is 10.1. The van der Waals surface area contributed by atoms with Gasteiger partial charge in [0.25, 0.3) is 5.91 Å². The number of carbonyl (C=O) groups is 2. The Bertz CT molecular complexity index is 1110. The van der Waals surface area contributed by atoms with Crippen molar-refractivity contribution in [3.63, 3.8) is 0 Å². The van der Waals surface area contributed by atoms with Gasteiger partial charge in [-0.1, -0.05) is 37.3 Å². The standard InChI is InChI=1S/C23H27N3O4/c1-4-13-25-18-10-5-6-11-19(18)26(23(25)29)14-12-21(28)30-15-20(27)24-22-16(2)8-7-9-17(22)3/h5-11H,4,12-15H2,1-3H3,(H,24,27). The first-order valence-corrected chi connectivity index (χ1v) is 10.1. The summed E-state index contributed by atoms with van der Waals surface area (Å²) in [5, 5.41) is 2.78. The maximum Gasteiger partial charge on any atom is 0.329 e. The first kappa shape index (κ1) is 21.4. The Hall–Kier alpha value is -3.35. The number of benzene rings is 2. The van der Waals surface area contributed by atoms with Crippen molar-refractivity contribution in [2.45, 2.75) is 46.7 Å². The maximum atomic E-state index is 12.7. The highest BCUT2D eigenvalue weighted by atomic mass is 16.5. The van der Waals surface area contributed by atoms with Crippen LogP contribution in [0.2, 0.25) is 0 Å². The van der Waals surface area contributed by atoms with Crippen molar-refractivity contribution in [1.82, 2.24) is 9.13 Å². The summed E-state index contributed by atoms with van der Waals surface area (Å²) in [6.45, 7) is 6.28. The van der Waals surface area contributed by atoms with Gasteiger partial charge in [0, 0.05) is 18.8 Å². The number of aromatic nitrogens is 2. The van der Waals surface area contributed by atoms with Crippen molar-refractivity contribution in [2.24, 2.45) is 0 Å². The van der Waals surface area contributed by atoms with Gasteiger partial charge >= 0.3 is 11.7 Å². The van der Waals surface area contributed by atoms with Gasteiger partial charge in [0.15, 0.2) is 6.61 Å². The lowest BCUT2D eigenvalue weighted by Gasteiger charge is -2.11. The van der Waals surface area contributed by atoms with Crippen molar-refractivity contribution in [1.29, 1.82) is 0 Å². The van der Waals surface area contributed by atoms with Crippen molar-refractivity contribution in [3.8, 4) is 0 Å². The highest BCUT2D eigenvalue weighted by Crippen LogP contribution is 2.19. The molecule has 0 radical (unpaired) electrons. The average Bonchev–Trinajstić information content (AvgIpc) is 2.99. The molecule has 3 aromatic rings. The molecule has 0 atom stereocenters. The monoisotopic (exact) mass is 409 g/mol. The second-order valence-electron chi connectivity index (χ2n) is 7.30. The number of para-hydroxylation sites is 3. The van der Waals surface area contributed by atoms with Crippen molar-refractivity contribution < 1.29 is 14.3 Å². The number of esters is 1. The Morgan fingerprint density at radius 1 is 0.933 bits per heavy atom. The molecule has 3 rings (SSSR count). The van der Waals surface area contributed by atoms with Gasteiger partial charge in [-0.15, -0.1) is 0 Å². The molecule has 2 aromatic carbocycles. The molecule has 30 heavy (non-hydrogen) atoms. The third-order valence-corrected chi connectivity index (χ3v) is 5.02. The summed E-state index contributed by atoms with van der Waals surface area (Å²) in [5.74, 6) is -0.914. The lowest BCUT2D eigenvalue weighted by atomic mass is 10.1. The lowest BCUT2D eigenvalue weighted by Crippen LogP contribution is -2.26. The van der Waals surface area contributed by atoms with E-state index in [9.17, 15) is 14.4 Å². The summed E-state index contributed by atoms with van der Waals surface area (Å²) in [7, 11) is 0. The summed E-state index contributed by atoms with van der Waals surface area (Å²) >= 11 is 0. The first-order chi connectivity index (χ1) is 14.4. The van der Waals surface area contributed by atoms with E-state index in [-0.39, 0.29) is 25.3 Å². The molecule has 7 nitrogen and oxygen atoms in total. The lowest BCUT2D eigenvalue weighted by molar-refractivity contribution is -0.147. The number of aryl methyl sites for hydroxylation is 4. The minimum absolute atomic E-state index is 0.0106. The molecule has 0 fully saturated rings. The van der Waals surface area contributed by atoms with Gasteiger partial charge in [-0.25, -0.2) is 4.79 Å². The predicted octanol–water partition coefficient (Wildman–Crippen LogP) is 3.40. The number of rotatable bonds is 8. The summed E-state index contributed by atoms with van der Waals surface area (Å²) in [4.78, 5) is 37.0. The van der Waals surface area contributed by atoms with Crippen LogP contribution >= 0.6 is 0 Å². The fourth-order valence-electron chi connectivity index (χ4n) is 3.54. The number of fused-ring (bicyclic) bond motifs is 1. The molecule has 0 unspecified atom stereocenters. The van der Waals surface area contributed by atoms with E-state index < -0.39 is 11.9 Å². The van der Waals surface area contributed by atoms with Gasteiger partial charge < -0.3 is 10.1 Å². The van der Waals surface area contributed by atoms with Crippen molar-refractivity contribution in [2.75, 3.05) is 11.9 Å². The van der Waals surface area contributed by atoms with Crippen LogP contribution < -0.4 is 11.0 Å². The van der Waals surface area contributed by atoms with Crippen LogP contribution in [0, 0.1) is 13.8 Å². The Morgan fingerprint density at radius 2 is 1.53 bits per heavy atom. The molecule has 0 saturated carbocycles. The minimum atomic E-state index is -0.522. The third-order valence-electron chi connectivity index (χ3n) is 5.02. The van der Waals surface area contributed by atoms with E-state index in [4.69, 9.17) is 4.74 Å². The highest BCUT2D eigenvalue weighted by molar-refractivity contribution is 5.94. The molecule has 1 amide bonds. The van der Waals surface area contributed by atoms with E-state index in [1.807, 2.05) is 63.2 Å². The van der Waals surface area contributed by atoms with E-state index in [1.165, 1.54) is 0 Å². The van der Waals surface area contributed by atoms with Gasteiger partial charge in [-0.2, -0.15) is 0 Å². The van der Waals surface area contributed by atoms with Crippen LogP contribution in [0.4, 0.5) is 5.69 Å². The molecular formula is C23H27N3O4. The highest BCUT2D eigenvalue weighted by Gasteiger charge is 2.15. The van der Waals surface area contributed by atoms with Crippen LogP contribution in [-0.2, 0) is 27.4 Å². The third kappa shape index (κ3) is 4.62. The van der Waals surface area contributed by atoms with Crippen molar-refractivity contribution in [3.05, 3.63) is 64.1 Å². The number of amides is 1. The second kappa shape index (κ2) is 9.43. The molecule has 0 aliphatic rings. The van der Waals surface area contributed by atoms with Crippen LogP contribution in [-0.4, -0.2) is 27.6 Å². The molecule has 7 heteroatoms. The normalized spacial score (nSPS) is 10.9. The van der Waals surface area contributed by atoms with E-state index in [1.54, 1.807) is 9.13 Å². The number of imidazole rings is 1. The van der Waals surface area contributed by atoms with Crippen LogP contribution in [0.1, 0.15) is 30.9 Å². The molecule has 1 heterocycles. The van der Waals surface area contributed by atoms with Gasteiger partial charge in [-0.3, -0.25) is 18.7 Å². The summed E-state index contributed by atoms with van der Waals surface area (Å²) in [6.07, 6.45) is 0.849.